The smallest absolute Gasteiger partial charge is 0.191 e. The van der Waals surface area contributed by atoms with Crippen LogP contribution in [0.15, 0.2) is 30.6 Å². The van der Waals surface area contributed by atoms with E-state index in [1.807, 2.05) is 0 Å². The summed E-state index contributed by atoms with van der Waals surface area (Å²) in [6.07, 6.45) is 3.25. The molecule has 0 saturated heterocycles. The average Bonchev–Trinajstić information content (AvgIpc) is 2.39. The van der Waals surface area contributed by atoms with Crippen molar-refractivity contribution in [2.75, 3.05) is 0 Å². The highest BCUT2D eigenvalue weighted by atomic mass is 35.5. The normalized spacial score (nSPS) is 10.3. The Morgan fingerprint density at radius 2 is 2.00 bits per heavy atom. The van der Waals surface area contributed by atoms with E-state index in [-0.39, 0.29) is 12.2 Å². The minimum absolute atomic E-state index is 0.0932. The van der Waals surface area contributed by atoms with Crippen molar-refractivity contribution in [2.24, 2.45) is 0 Å². The maximum absolute atomic E-state index is 13.5. The zero-order valence-corrected chi connectivity index (χ0v) is 10.3. The molecule has 1 aromatic carbocycles. The van der Waals surface area contributed by atoms with Crippen LogP contribution in [0.2, 0.25) is 5.02 Å². The third-order valence-corrected chi connectivity index (χ3v) is 2.73. The second-order valence-electron chi connectivity index (χ2n) is 3.69. The van der Waals surface area contributed by atoms with E-state index in [1.54, 1.807) is 6.07 Å². The second-order valence-corrected chi connectivity index (χ2v) is 4.09. The summed E-state index contributed by atoms with van der Waals surface area (Å²) in [6.45, 7) is -0.102. The zero-order chi connectivity index (χ0) is 13.8. The summed E-state index contributed by atoms with van der Waals surface area (Å²) in [6, 6.07) is 3.39. The van der Waals surface area contributed by atoms with E-state index in [2.05, 4.69) is 4.98 Å². The van der Waals surface area contributed by atoms with E-state index < -0.39 is 17.4 Å². The summed E-state index contributed by atoms with van der Waals surface area (Å²) in [5, 5.41) is 0.341. The van der Waals surface area contributed by atoms with Crippen LogP contribution in [0.25, 0.3) is 0 Å². The molecule has 6 heteroatoms. The first-order chi connectivity index (χ1) is 9.11. The molecule has 98 valence electrons. The Balaban J connectivity index is 2.21. The molecule has 0 spiro atoms. The van der Waals surface area contributed by atoms with Crippen molar-refractivity contribution in [2.45, 2.75) is 6.61 Å². The minimum Gasteiger partial charge on any atom is -0.483 e. The van der Waals surface area contributed by atoms with Crippen molar-refractivity contribution in [3.05, 3.63) is 58.4 Å². The number of aldehydes is 1. The lowest BCUT2D eigenvalue weighted by atomic mass is 10.2. The van der Waals surface area contributed by atoms with Crippen LogP contribution in [0.5, 0.6) is 5.75 Å². The quantitative estimate of drug-likeness (QED) is 0.807. The number of nitrogens with zero attached hydrogens (tertiary/aromatic N) is 1. The molecule has 0 amide bonds. The molecule has 0 aliphatic heterocycles. The van der Waals surface area contributed by atoms with Crippen LogP contribution >= 0.6 is 11.6 Å². The highest BCUT2D eigenvalue weighted by Gasteiger charge is 2.13. The van der Waals surface area contributed by atoms with Crippen LogP contribution in [-0.2, 0) is 6.61 Å². The molecule has 0 unspecified atom stereocenters. The van der Waals surface area contributed by atoms with Gasteiger partial charge in [0.2, 0.25) is 0 Å². The van der Waals surface area contributed by atoms with E-state index in [0.717, 1.165) is 12.1 Å². The Morgan fingerprint density at radius 3 is 2.58 bits per heavy atom. The molecule has 0 fully saturated rings. The summed E-state index contributed by atoms with van der Waals surface area (Å²) >= 11 is 5.84. The van der Waals surface area contributed by atoms with Gasteiger partial charge in [-0.2, -0.15) is 0 Å². The fourth-order valence-corrected chi connectivity index (χ4v) is 1.63. The van der Waals surface area contributed by atoms with Gasteiger partial charge >= 0.3 is 0 Å². The largest absolute Gasteiger partial charge is 0.483 e. The topological polar surface area (TPSA) is 39.2 Å². The van der Waals surface area contributed by atoms with Gasteiger partial charge in [-0.05, 0) is 18.2 Å². The highest BCUT2D eigenvalue weighted by molar-refractivity contribution is 6.31. The van der Waals surface area contributed by atoms with Gasteiger partial charge in [0.1, 0.15) is 12.9 Å². The summed E-state index contributed by atoms with van der Waals surface area (Å²) < 4.78 is 32.1. The van der Waals surface area contributed by atoms with Crippen molar-refractivity contribution in [1.29, 1.82) is 0 Å². The van der Waals surface area contributed by atoms with Crippen LogP contribution in [0.3, 0.4) is 0 Å². The van der Waals surface area contributed by atoms with Gasteiger partial charge in [-0.3, -0.25) is 9.78 Å². The number of benzene rings is 1. The molecule has 2 aromatic rings. The summed E-state index contributed by atoms with van der Waals surface area (Å²) in [4.78, 5) is 14.2. The first kappa shape index (κ1) is 13.4. The van der Waals surface area contributed by atoms with Crippen molar-refractivity contribution in [3.8, 4) is 5.75 Å². The van der Waals surface area contributed by atoms with Crippen LogP contribution in [0.1, 0.15) is 15.9 Å². The first-order valence-corrected chi connectivity index (χ1v) is 5.65. The number of pyridine rings is 1. The van der Waals surface area contributed by atoms with Gasteiger partial charge in [0.25, 0.3) is 0 Å². The van der Waals surface area contributed by atoms with E-state index >= 15 is 0 Å². The molecule has 0 aliphatic carbocycles. The predicted molar refractivity (Wildman–Crippen MR) is 65.3 cm³/mol. The number of hydrogen-bond donors (Lipinski definition) is 0. The number of carbonyl (C=O) groups excluding carboxylic acids is 1. The van der Waals surface area contributed by atoms with Gasteiger partial charge in [-0.25, -0.2) is 8.78 Å². The molecule has 0 aliphatic rings. The third kappa shape index (κ3) is 3.06. The predicted octanol–water partition coefficient (Wildman–Crippen LogP) is 3.40. The number of rotatable bonds is 4. The van der Waals surface area contributed by atoms with E-state index in [9.17, 15) is 13.6 Å². The van der Waals surface area contributed by atoms with Crippen LogP contribution < -0.4 is 4.74 Å². The van der Waals surface area contributed by atoms with E-state index in [4.69, 9.17) is 16.3 Å². The Morgan fingerprint density at radius 1 is 1.32 bits per heavy atom. The van der Waals surface area contributed by atoms with E-state index in [1.165, 1.54) is 12.4 Å². The maximum Gasteiger partial charge on any atom is 0.191 e. The Hall–Kier alpha value is -2.01. The first-order valence-electron chi connectivity index (χ1n) is 5.27. The van der Waals surface area contributed by atoms with Crippen molar-refractivity contribution >= 4 is 17.9 Å². The monoisotopic (exact) mass is 283 g/mol. The van der Waals surface area contributed by atoms with Crippen LogP contribution in [0.4, 0.5) is 8.78 Å². The molecule has 19 heavy (non-hydrogen) atoms. The molecule has 0 bridgehead atoms. The molecule has 1 aromatic heterocycles. The number of ether oxygens (including phenoxy) is 1. The van der Waals surface area contributed by atoms with Gasteiger partial charge in [0.15, 0.2) is 17.4 Å². The van der Waals surface area contributed by atoms with Gasteiger partial charge in [-0.15, -0.1) is 0 Å². The summed E-state index contributed by atoms with van der Waals surface area (Å²) in [5.41, 5.74) is 0.458. The highest BCUT2D eigenvalue weighted by Crippen LogP contribution is 2.24. The standard InChI is InChI=1S/C13H8ClF2NO2/c14-10-5-17-2-1-9(10)7-19-13-11(15)3-8(6-18)4-12(13)16/h1-6H,7H2. The molecule has 0 saturated carbocycles. The van der Waals surface area contributed by atoms with Gasteiger partial charge in [0.05, 0.1) is 5.02 Å². The summed E-state index contributed by atoms with van der Waals surface area (Å²) in [5.74, 6) is -2.42. The van der Waals surface area contributed by atoms with Crippen molar-refractivity contribution < 1.29 is 18.3 Å². The number of aromatic nitrogens is 1. The molecule has 0 radical (unpaired) electrons. The third-order valence-electron chi connectivity index (χ3n) is 2.39. The fraction of sp³-hybridized carbons (Fsp3) is 0.0769. The molecule has 3 nitrogen and oxygen atoms in total. The Labute approximate surface area is 112 Å². The number of carbonyl (C=O) groups is 1. The fourth-order valence-electron chi connectivity index (χ4n) is 1.46. The zero-order valence-electron chi connectivity index (χ0n) is 9.57. The van der Waals surface area contributed by atoms with Crippen molar-refractivity contribution in [1.82, 2.24) is 4.98 Å². The molecule has 0 atom stereocenters. The molecule has 2 rings (SSSR count). The number of halogens is 3. The average molecular weight is 284 g/mol. The van der Waals surface area contributed by atoms with Crippen LogP contribution in [0, 0.1) is 11.6 Å². The van der Waals surface area contributed by atoms with Gasteiger partial charge in [0, 0.05) is 23.5 Å². The van der Waals surface area contributed by atoms with E-state index in [0.29, 0.717) is 16.9 Å². The maximum atomic E-state index is 13.5. The lowest BCUT2D eigenvalue weighted by Gasteiger charge is -2.09. The SMILES string of the molecule is O=Cc1cc(F)c(OCc2ccncc2Cl)c(F)c1. The van der Waals surface area contributed by atoms with Crippen molar-refractivity contribution in [3.63, 3.8) is 0 Å². The molecular weight excluding hydrogens is 276 g/mol. The lowest BCUT2D eigenvalue weighted by molar-refractivity contribution is 0.112. The van der Waals surface area contributed by atoms with Crippen LogP contribution in [-0.4, -0.2) is 11.3 Å². The number of hydrogen-bond acceptors (Lipinski definition) is 3. The molecule has 0 N–H and O–H groups in total. The Bertz CT molecular complexity index is 596. The summed E-state index contributed by atoms with van der Waals surface area (Å²) in [7, 11) is 0. The van der Waals surface area contributed by atoms with Gasteiger partial charge < -0.3 is 4.74 Å². The second kappa shape index (κ2) is 5.75. The molecular formula is C13H8ClF2NO2. The lowest BCUT2D eigenvalue weighted by Crippen LogP contribution is -2.01. The molecule has 1 heterocycles. The van der Waals surface area contributed by atoms with Gasteiger partial charge in [-0.1, -0.05) is 11.6 Å². The Kier molecular flexibility index (Phi) is 4.06. The minimum atomic E-state index is -0.938.